The molecule has 0 aliphatic rings. The van der Waals surface area contributed by atoms with E-state index >= 15 is 0 Å². The lowest BCUT2D eigenvalue weighted by Crippen LogP contribution is -2.08. The second-order valence-electron chi connectivity index (χ2n) is 4.52. The molecule has 3 nitrogen and oxygen atoms in total. The van der Waals surface area contributed by atoms with Crippen LogP contribution in [0.25, 0.3) is 11.3 Å². The lowest BCUT2D eigenvalue weighted by molar-refractivity contribution is -0.137. The van der Waals surface area contributed by atoms with Crippen LogP contribution in [0.3, 0.4) is 0 Å². The Bertz CT molecular complexity index is 607. The number of rotatable bonds is 5. The number of nitrogens with one attached hydrogen (secondary N) is 1. The largest absolute Gasteiger partial charge is 0.441 e. The first-order chi connectivity index (χ1) is 9.91. The molecule has 7 heteroatoms. The predicted molar refractivity (Wildman–Crippen MR) is 69.1 cm³/mol. The number of hydrogen-bond acceptors (Lipinski definition) is 3. The van der Waals surface area contributed by atoms with Gasteiger partial charge in [-0.1, -0.05) is 0 Å². The Labute approximate surface area is 119 Å². The number of benzene rings is 1. The molecule has 1 aromatic carbocycles. The van der Waals surface area contributed by atoms with E-state index in [0.717, 1.165) is 25.1 Å². The summed E-state index contributed by atoms with van der Waals surface area (Å²) in [5.74, 6) is -0.406. The Hall–Kier alpha value is -1.89. The number of halogens is 4. The van der Waals surface area contributed by atoms with Crippen LogP contribution in [0.4, 0.5) is 17.6 Å². The van der Waals surface area contributed by atoms with E-state index in [2.05, 4.69) is 10.3 Å². The van der Waals surface area contributed by atoms with E-state index in [-0.39, 0.29) is 11.3 Å². The van der Waals surface area contributed by atoms with Gasteiger partial charge in [-0.05, 0) is 38.2 Å². The van der Waals surface area contributed by atoms with E-state index in [9.17, 15) is 17.6 Å². The van der Waals surface area contributed by atoms with E-state index in [1.807, 2.05) is 0 Å². The Balaban J connectivity index is 2.25. The number of oxazole rings is 1. The van der Waals surface area contributed by atoms with Crippen LogP contribution >= 0.6 is 0 Å². The Kier molecular flexibility index (Phi) is 4.62. The average molecular weight is 302 g/mol. The van der Waals surface area contributed by atoms with Gasteiger partial charge in [0.1, 0.15) is 5.82 Å². The number of nitrogens with zero attached hydrogens (tertiary/aromatic N) is 1. The van der Waals surface area contributed by atoms with Gasteiger partial charge in [-0.15, -0.1) is 0 Å². The van der Waals surface area contributed by atoms with Gasteiger partial charge >= 0.3 is 6.18 Å². The molecule has 1 heterocycles. The Morgan fingerprint density at radius 3 is 2.71 bits per heavy atom. The summed E-state index contributed by atoms with van der Waals surface area (Å²) in [6.45, 7) is 0.760. The lowest BCUT2D eigenvalue weighted by atomic mass is 10.1. The summed E-state index contributed by atoms with van der Waals surface area (Å²) in [6.07, 6.45) is -1.99. The molecule has 0 bridgehead atoms. The maximum atomic E-state index is 13.7. The van der Waals surface area contributed by atoms with Crippen molar-refractivity contribution in [3.05, 3.63) is 41.7 Å². The van der Waals surface area contributed by atoms with E-state index in [1.54, 1.807) is 7.05 Å². The molecule has 0 amide bonds. The third kappa shape index (κ3) is 3.81. The van der Waals surface area contributed by atoms with Gasteiger partial charge in [0.25, 0.3) is 0 Å². The Morgan fingerprint density at radius 2 is 2.05 bits per heavy atom. The third-order valence-corrected chi connectivity index (χ3v) is 2.93. The van der Waals surface area contributed by atoms with Gasteiger partial charge in [0.15, 0.2) is 11.7 Å². The quantitative estimate of drug-likeness (QED) is 0.677. The molecule has 0 aliphatic heterocycles. The van der Waals surface area contributed by atoms with Crippen LogP contribution in [0.5, 0.6) is 0 Å². The highest BCUT2D eigenvalue weighted by molar-refractivity contribution is 5.58. The van der Waals surface area contributed by atoms with E-state index < -0.39 is 17.6 Å². The molecule has 0 spiro atoms. The SMILES string of the molecule is CNCCCc1ncc(-c2cc(C(F)(F)F)ccc2F)o1. The molecule has 0 aliphatic carbocycles. The van der Waals surface area contributed by atoms with Crippen LogP contribution in [-0.2, 0) is 12.6 Å². The van der Waals surface area contributed by atoms with Gasteiger partial charge in [0.2, 0.25) is 0 Å². The highest BCUT2D eigenvalue weighted by Crippen LogP contribution is 2.33. The van der Waals surface area contributed by atoms with Gasteiger partial charge in [0.05, 0.1) is 17.3 Å². The van der Waals surface area contributed by atoms with Crippen molar-refractivity contribution >= 4 is 0 Å². The van der Waals surface area contributed by atoms with Crippen LogP contribution in [0.1, 0.15) is 17.9 Å². The molecule has 0 unspecified atom stereocenters. The van der Waals surface area contributed by atoms with Crippen molar-refractivity contribution in [2.45, 2.75) is 19.0 Å². The molecule has 21 heavy (non-hydrogen) atoms. The van der Waals surface area contributed by atoms with Gasteiger partial charge in [0, 0.05) is 6.42 Å². The third-order valence-electron chi connectivity index (χ3n) is 2.93. The van der Waals surface area contributed by atoms with Crippen LogP contribution in [0.2, 0.25) is 0 Å². The van der Waals surface area contributed by atoms with Crippen molar-refractivity contribution < 1.29 is 22.0 Å². The monoisotopic (exact) mass is 302 g/mol. The number of alkyl halides is 3. The molecule has 1 aromatic heterocycles. The fourth-order valence-electron chi connectivity index (χ4n) is 1.86. The smallest absolute Gasteiger partial charge is 0.416 e. The van der Waals surface area contributed by atoms with Crippen molar-refractivity contribution in [3.63, 3.8) is 0 Å². The van der Waals surface area contributed by atoms with Crippen molar-refractivity contribution in [1.29, 1.82) is 0 Å². The first-order valence-corrected chi connectivity index (χ1v) is 6.38. The minimum atomic E-state index is -4.53. The second-order valence-corrected chi connectivity index (χ2v) is 4.52. The summed E-state index contributed by atoms with van der Waals surface area (Å²) in [7, 11) is 1.80. The highest BCUT2D eigenvalue weighted by atomic mass is 19.4. The van der Waals surface area contributed by atoms with Crippen molar-refractivity contribution in [2.24, 2.45) is 0 Å². The molecule has 0 atom stereocenters. The predicted octanol–water partition coefficient (Wildman–Crippen LogP) is 3.65. The zero-order valence-corrected chi connectivity index (χ0v) is 11.3. The molecule has 0 saturated carbocycles. The van der Waals surface area contributed by atoms with Crippen LogP contribution in [0, 0.1) is 5.82 Å². The summed E-state index contributed by atoms with van der Waals surface area (Å²) in [6, 6.07) is 2.21. The zero-order chi connectivity index (χ0) is 15.5. The summed E-state index contributed by atoms with van der Waals surface area (Å²) < 4.78 is 57.0. The van der Waals surface area contributed by atoms with Gasteiger partial charge in [-0.3, -0.25) is 0 Å². The second kappa shape index (κ2) is 6.26. The molecule has 114 valence electrons. The minimum absolute atomic E-state index is 0.00180. The van der Waals surface area contributed by atoms with Crippen LogP contribution in [-0.4, -0.2) is 18.6 Å². The summed E-state index contributed by atoms with van der Waals surface area (Å²) >= 11 is 0. The molecular formula is C14H14F4N2O. The van der Waals surface area contributed by atoms with Gasteiger partial charge < -0.3 is 9.73 Å². The first-order valence-electron chi connectivity index (χ1n) is 6.38. The fraction of sp³-hybridized carbons (Fsp3) is 0.357. The maximum Gasteiger partial charge on any atom is 0.416 e. The zero-order valence-electron chi connectivity index (χ0n) is 11.3. The van der Waals surface area contributed by atoms with Crippen molar-refractivity contribution in [2.75, 3.05) is 13.6 Å². The number of aryl methyl sites for hydroxylation is 1. The number of aromatic nitrogens is 1. The fourth-order valence-corrected chi connectivity index (χ4v) is 1.86. The average Bonchev–Trinajstić information content (AvgIpc) is 2.87. The summed E-state index contributed by atoms with van der Waals surface area (Å²) in [4.78, 5) is 3.95. The number of hydrogen-bond donors (Lipinski definition) is 1. The summed E-state index contributed by atoms with van der Waals surface area (Å²) in [5.41, 5.74) is -1.16. The molecule has 0 radical (unpaired) electrons. The molecule has 0 saturated heterocycles. The van der Waals surface area contributed by atoms with E-state index in [0.29, 0.717) is 18.4 Å². The van der Waals surface area contributed by atoms with Crippen molar-refractivity contribution in [1.82, 2.24) is 10.3 Å². The topological polar surface area (TPSA) is 38.1 Å². The molecular weight excluding hydrogens is 288 g/mol. The Morgan fingerprint density at radius 1 is 1.29 bits per heavy atom. The molecule has 1 N–H and O–H groups in total. The van der Waals surface area contributed by atoms with Crippen molar-refractivity contribution in [3.8, 4) is 11.3 Å². The first kappa shape index (κ1) is 15.5. The lowest BCUT2D eigenvalue weighted by Gasteiger charge is -2.08. The van der Waals surface area contributed by atoms with Crippen LogP contribution in [0.15, 0.2) is 28.8 Å². The van der Waals surface area contributed by atoms with E-state index in [4.69, 9.17) is 4.42 Å². The molecule has 0 fully saturated rings. The van der Waals surface area contributed by atoms with Gasteiger partial charge in [-0.25, -0.2) is 9.37 Å². The minimum Gasteiger partial charge on any atom is -0.441 e. The molecule has 2 rings (SSSR count). The van der Waals surface area contributed by atoms with Crippen LogP contribution < -0.4 is 5.32 Å². The van der Waals surface area contributed by atoms with Gasteiger partial charge in [-0.2, -0.15) is 13.2 Å². The summed E-state index contributed by atoms with van der Waals surface area (Å²) in [5, 5.41) is 2.96. The standard InChI is InChI=1S/C14H14F4N2O/c1-19-6-2-3-13-20-8-12(21-13)10-7-9(14(16,17)18)4-5-11(10)15/h4-5,7-8,19H,2-3,6H2,1H3. The van der Waals surface area contributed by atoms with E-state index in [1.165, 1.54) is 6.20 Å². The normalized spacial score (nSPS) is 11.9. The maximum absolute atomic E-state index is 13.7. The highest BCUT2D eigenvalue weighted by Gasteiger charge is 2.31. The molecule has 2 aromatic rings.